The van der Waals surface area contributed by atoms with Gasteiger partial charge in [-0.05, 0) is 13.0 Å². The van der Waals surface area contributed by atoms with Gasteiger partial charge in [0.2, 0.25) is 10.0 Å². The number of aromatic nitrogens is 1. The van der Waals surface area contributed by atoms with E-state index in [1.54, 1.807) is 0 Å². The van der Waals surface area contributed by atoms with Gasteiger partial charge in [0.15, 0.2) is 0 Å². The predicted molar refractivity (Wildman–Crippen MR) is 60.4 cm³/mol. The Balaban J connectivity index is 2.35. The SMILES string of the molecule is CC1CNCCN1S(=O)(=O)c1cncc(F)c1. The number of nitrogens with zero attached hydrogens (tertiary/aromatic N) is 2. The molecule has 0 aromatic carbocycles. The summed E-state index contributed by atoms with van der Waals surface area (Å²) in [6, 6.07) is 0.855. The fourth-order valence-corrected chi connectivity index (χ4v) is 3.45. The van der Waals surface area contributed by atoms with E-state index in [-0.39, 0.29) is 10.9 Å². The summed E-state index contributed by atoms with van der Waals surface area (Å²) in [5, 5.41) is 3.10. The summed E-state index contributed by atoms with van der Waals surface area (Å²) >= 11 is 0. The number of piperazine rings is 1. The third kappa shape index (κ3) is 2.46. The van der Waals surface area contributed by atoms with Crippen LogP contribution in [0.3, 0.4) is 0 Å². The number of rotatable bonds is 2. The molecule has 0 radical (unpaired) electrons. The summed E-state index contributed by atoms with van der Waals surface area (Å²) in [5.41, 5.74) is 0. The van der Waals surface area contributed by atoms with Crippen molar-refractivity contribution in [1.82, 2.24) is 14.6 Å². The number of nitrogens with one attached hydrogen (secondary N) is 1. The van der Waals surface area contributed by atoms with Crippen LogP contribution in [0.15, 0.2) is 23.4 Å². The molecule has 1 aromatic heterocycles. The van der Waals surface area contributed by atoms with E-state index in [0.29, 0.717) is 19.6 Å². The molecule has 0 aliphatic carbocycles. The van der Waals surface area contributed by atoms with Crippen molar-refractivity contribution >= 4 is 10.0 Å². The number of pyridine rings is 1. The van der Waals surface area contributed by atoms with E-state index in [1.165, 1.54) is 10.5 Å². The smallest absolute Gasteiger partial charge is 0.245 e. The van der Waals surface area contributed by atoms with Crippen LogP contribution >= 0.6 is 0 Å². The fraction of sp³-hybridized carbons (Fsp3) is 0.500. The van der Waals surface area contributed by atoms with E-state index in [2.05, 4.69) is 10.3 Å². The minimum Gasteiger partial charge on any atom is -0.314 e. The molecule has 0 bridgehead atoms. The zero-order valence-electron chi connectivity index (χ0n) is 9.43. The first-order valence-corrected chi connectivity index (χ1v) is 6.79. The second-order valence-electron chi connectivity index (χ2n) is 4.01. The fourth-order valence-electron chi connectivity index (χ4n) is 1.85. The molecule has 1 saturated heterocycles. The van der Waals surface area contributed by atoms with Gasteiger partial charge in [-0.1, -0.05) is 0 Å². The van der Waals surface area contributed by atoms with Crippen LogP contribution in [0.1, 0.15) is 6.92 Å². The molecule has 1 atom stereocenters. The molecule has 1 aliphatic heterocycles. The third-order valence-corrected chi connectivity index (χ3v) is 4.71. The number of hydrogen-bond donors (Lipinski definition) is 1. The Kier molecular flexibility index (Phi) is 3.41. The lowest BCUT2D eigenvalue weighted by molar-refractivity contribution is 0.283. The highest BCUT2D eigenvalue weighted by atomic mass is 32.2. The normalized spacial score (nSPS) is 22.6. The van der Waals surface area contributed by atoms with Crippen molar-refractivity contribution in [1.29, 1.82) is 0 Å². The van der Waals surface area contributed by atoms with Gasteiger partial charge >= 0.3 is 0 Å². The molecular weight excluding hydrogens is 245 g/mol. The first-order chi connectivity index (χ1) is 8.01. The Morgan fingerprint density at radius 1 is 1.53 bits per heavy atom. The van der Waals surface area contributed by atoms with E-state index in [1.807, 2.05) is 6.92 Å². The molecule has 94 valence electrons. The van der Waals surface area contributed by atoms with E-state index >= 15 is 0 Å². The van der Waals surface area contributed by atoms with Crippen molar-refractivity contribution in [2.45, 2.75) is 17.9 Å². The van der Waals surface area contributed by atoms with Crippen LogP contribution in [0.25, 0.3) is 0 Å². The Labute approximate surface area is 99.7 Å². The van der Waals surface area contributed by atoms with Crippen molar-refractivity contribution in [3.05, 3.63) is 24.3 Å². The summed E-state index contributed by atoms with van der Waals surface area (Å²) < 4.78 is 38.9. The lowest BCUT2D eigenvalue weighted by Crippen LogP contribution is -2.52. The molecule has 0 amide bonds. The topological polar surface area (TPSA) is 62.3 Å². The lowest BCUT2D eigenvalue weighted by atomic mass is 10.3. The van der Waals surface area contributed by atoms with Gasteiger partial charge in [-0.3, -0.25) is 4.98 Å². The molecule has 2 heterocycles. The van der Waals surface area contributed by atoms with Crippen molar-refractivity contribution in [3.8, 4) is 0 Å². The van der Waals surface area contributed by atoms with Crippen LogP contribution in [0.4, 0.5) is 4.39 Å². The molecule has 2 rings (SSSR count). The molecule has 1 fully saturated rings. The number of sulfonamides is 1. The van der Waals surface area contributed by atoms with Crippen LogP contribution in [0.2, 0.25) is 0 Å². The minimum atomic E-state index is -3.64. The number of halogens is 1. The van der Waals surface area contributed by atoms with E-state index < -0.39 is 15.8 Å². The summed E-state index contributed by atoms with van der Waals surface area (Å²) in [5.74, 6) is -0.645. The van der Waals surface area contributed by atoms with E-state index in [4.69, 9.17) is 0 Å². The van der Waals surface area contributed by atoms with Crippen molar-refractivity contribution in [2.75, 3.05) is 19.6 Å². The maximum Gasteiger partial charge on any atom is 0.245 e. The van der Waals surface area contributed by atoms with Crippen LogP contribution in [0.5, 0.6) is 0 Å². The molecule has 1 aliphatic rings. The van der Waals surface area contributed by atoms with Crippen LogP contribution in [-0.2, 0) is 10.0 Å². The molecule has 1 unspecified atom stereocenters. The van der Waals surface area contributed by atoms with Crippen molar-refractivity contribution in [3.63, 3.8) is 0 Å². The monoisotopic (exact) mass is 259 g/mol. The van der Waals surface area contributed by atoms with E-state index in [0.717, 1.165) is 12.3 Å². The largest absolute Gasteiger partial charge is 0.314 e. The summed E-state index contributed by atoms with van der Waals surface area (Å²) in [6.45, 7) is 3.41. The molecule has 17 heavy (non-hydrogen) atoms. The van der Waals surface area contributed by atoms with Gasteiger partial charge in [-0.25, -0.2) is 12.8 Å². The molecule has 7 heteroatoms. The van der Waals surface area contributed by atoms with Gasteiger partial charge < -0.3 is 5.32 Å². The zero-order chi connectivity index (χ0) is 12.5. The highest BCUT2D eigenvalue weighted by molar-refractivity contribution is 7.89. The molecule has 0 saturated carbocycles. The minimum absolute atomic E-state index is 0.0914. The third-order valence-electron chi connectivity index (χ3n) is 2.73. The zero-order valence-corrected chi connectivity index (χ0v) is 10.2. The second kappa shape index (κ2) is 4.67. The van der Waals surface area contributed by atoms with Crippen molar-refractivity contribution < 1.29 is 12.8 Å². The molecule has 0 spiro atoms. The molecule has 5 nitrogen and oxygen atoms in total. The van der Waals surface area contributed by atoms with Gasteiger partial charge in [-0.2, -0.15) is 4.31 Å². The van der Waals surface area contributed by atoms with Crippen molar-refractivity contribution in [2.24, 2.45) is 0 Å². The average molecular weight is 259 g/mol. The molecular formula is C10H14FN3O2S. The Morgan fingerprint density at radius 3 is 2.94 bits per heavy atom. The Bertz CT molecular complexity index is 506. The Hall–Kier alpha value is -1.05. The summed E-state index contributed by atoms with van der Waals surface area (Å²) in [4.78, 5) is 3.48. The van der Waals surface area contributed by atoms with Crippen LogP contribution in [-0.4, -0.2) is 43.4 Å². The number of hydrogen-bond acceptors (Lipinski definition) is 4. The van der Waals surface area contributed by atoms with Gasteiger partial charge in [0.05, 0.1) is 6.20 Å². The Morgan fingerprint density at radius 2 is 2.29 bits per heavy atom. The van der Waals surface area contributed by atoms with Gasteiger partial charge in [0, 0.05) is 31.9 Å². The maximum atomic E-state index is 13.0. The van der Waals surface area contributed by atoms with Crippen LogP contribution in [0, 0.1) is 5.82 Å². The van der Waals surface area contributed by atoms with E-state index in [9.17, 15) is 12.8 Å². The first kappa shape index (κ1) is 12.4. The molecule has 1 N–H and O–H groups in total. The predicted octanol–water partition coefficient (Wildman–Crippen LogP) is 0.203. The summed E-state index contributed by atoms with van der Waals surface area (Å²) in [7, 11) is -3.64. The lowest BCUT2D eigenvalue weighted by Gasteiger charge is -2.32. The standard InChI is InChI=1S/C10H14FN3O2S/c1-8-5-12-2-3-14(8)17(15,16)10-4-9(11)6-13-7-10/h4,6-8,12H,2-3,5H2,1H3. The van der Waals surface area contributed by atoms with Gasteiger partial charge in [0.25, 0.3) is 0 Å². The highest BCUT2D eigenvalue weighted by Crippen LogP contribution is 2.18. The average Bonchev–Trinajstić information content (AvgIpc) is 2.29. The molecule has 1 aromatic rings. The summed E-state index contributed by atoms with van der Waals surface area (Å²) in [6.07, 6.45) is 2.16. The second-order valence-corrected chi connectivity index (χ2v) is 5.90. The maximum absolute atomic E-state index is 13.0. The quantitative estimate of drug-likeness (QED) is 0.824. The first-order valence-electron chi connectivity index (χ1n) is 5.35. The highest BCUT2D eigenvalue weighted by Gasteiger charge is 2.31. The van der Waals surface area contributed by atoms with Gasteiger partial charge in [0.1, 0.15) is 10.7 Å². The van der Waals surface area contributed by atoms with Gasteiger partial charge in [-0.15, -0.1) is 0 Å². The van der Waals surface area contributed by atoms with Crippen LogP contribution < -0.4 is 5.32 Å².